The quantitative estimate of drug-likeness (QED) is 0.905. The van der Waals surface area contributed by atoms with E-state index in [1.54, 1.807) is 18.3 Å². The fourth-order valence-electron chi connectivity index (χ4n) is 0.960. The van der Waals surface area contributed by atoms with Crippen LogP contribution in [0.25, 0.3) is 0 Å². The van der Waals surface area contributed by atoms with E-state index < -0.39 is 0 Å². The molecule has 0 spiro atoms. The lowest BCUT2D eigenvalue weighted by Crippen LogP contribution is -2.12. The van der Waals surface area contributed by atoms with Crippen molar-refractivity contribution in [3.8, 4) is 0 Å². The summed E-state index contributed by atoms with van der Waals surface area (Å²) in [6, 6.07) is 4.95. The number of rotatable bonds is 2. The predicted octanol–water partition coefficient (Wildman–Crippen LogP) is 2.08. The van der Waals surface area contributed by atoms with Crippen LogP contribution >= 0.6 is 15.9 Å². The average Bonchev–Trinajstić information content (AvgIpc) is 2.74. The molecule has 0 aliphatic heterocycles. The third kappa shape index (κ3) is 2.41. The number of hydrogen-bond acceptors (Lipinski definition) is 4. The fraction of sp³-hybridized carbons (Fsp3) is 0. The maximum absolute atomic E-state index is 11.5. The highest BCUT2D eigenvalue weighted by molar-refractivity contribution is 9.10. The molecule has 6 heteroatoms. The average molecular weight is 268 g/mol. The molecule has 0 radical (unpaired) electrons. The number of hydrogen-bond donors (Lipinski definition) is 1. The molecule has 1 N–H and O–H groups in total. The van der Waals surface area contributed by atoms with E-state index >= 15 is 0 Å². The van der Waals surface area contributed by atoms with Gasteiger partial charge in [0.2, 0.25) is 0 Å². The Bertz CT molecular complexity index is 453. The van der Waals surface area contributed by atoms with Crippen LogP contribution in [0.2, 0.25) is 0 Å². The lowest BCUT2D eigenvalue weighted by Gasteiger charge is -2.00. The van der Waals surface area contributed by atoms with Crippen LogP contribution in [0.3, 0.4) is 0 Å². The van der Waals surface area contributed by atoms with Crippen molar-refractivity contribution in [1.29, 1.82) is 0 Å². The van der Waals surface area contributed by atoms with Gasteiger partial charge < -0.3 is 9.84 Å². The van der Waals surface area contributed by atoms with E-state index in [4.69, 9.17) is 0 Å². The molecule has 0 aliphatic rings. The molecule has 5 nitrogen and oxygen atoms in total. The zero-order valence-electron chi connectivity index (χ0n) is 7.48. The van der Waals surface area contributed by atoms with Crippen LogP contribution in [0.5, 0.6) is 0 Å². The van der Waals surface area contributed by atoms with Gasteiger partial charge in [-0.15, -0.1) is 0 Å². The molecule has 2 aromatic rings. The number of carbonyl (C=O) groups is 1. The van der Waals surface area contributed by atoms with Crippen molar-refractivity contribution in [3.63, 3.8) is 0 Å². The van der Waals surface area contributed by atoms with E-state index in [9.17, 15) is 4.79 Å². The monoisotopic (exact) mass is 267 g/mol. The van der Waals surface area contributed by atoms with Crippen molar-refractivity contribution < 1.29 is 9.32 Å². The third-order valence-electron chi connectivity index (χ3n) is 1.64. The maximum Gasteiger partial charge on any atom is 0.278 e. The molecule has 2 rings (SSSR count). The number of nitrogens with one attached hydrogen (secondary N) is 1. The zero-order chi connectivity index (χ0) is 10.7. The second-order valence-corrected chi connectivity index (χ2v) is 3.62. The van der Waals surface area contributed by atoms with Gasteiger partial charge in [-0.1, -0.05) is 5.16 Å². The van der Waals surface area contributed by atoms with E-state index in [-0.39, 0.29) is 11.6 Å². The highest BCUT2D eigenvalue weighted by Gasteiger charge is 2.09. The molecule has 2 aromatic heterocycles. The standard InChI is InChI=1S/C9H6BrN3O2/c10-6-1-2-8(11-5-6)12-9(14)7-3-4-15-13-7/h1-5H,(H,11,12,14). The topological polar surface area (TPSA) is 68.0 Å². The van der Waals surface area contributed by atoms with Gasteiger partial charge in [-0.25, -0.2) is 4.98 Å². The van der Waals surface area contributed by atoms with Crippen LogP contribution in [-0.4, -0.2) is 16.0 Å². The summed E-state index contributed by atoms with van der Waals surface area (Å²) in [5.74, 6) is 0.116. The number of pyridine rings is 1. The van der Waals surface area contributed by atoms with Crippen LogP contribution in [0.4, 0.5) is 5.82 Å². The number of anilines is 1. The normalized spacial score (nSPS) is 9.93. The van der Waals surface area contributed by atoms with E-state index in [2.05, 4.69) is 35.9 Å². The van der Waals surface area contributed by atoms with Gasteiger partial charge in [0.05, 0.1) is 0 Å². The van der Waals surface area contributed by atoms with Gasteiger partial charge >= 0.3 is 0 Å². The van der Waals surface area contributed by atoms with Gasteiger partial charge in [-0.3, -0.25) is 4.79 Å². The lowest BCUT2D eigenvalue weighted by atomic mass is 10.4. The van der Waals surface area contributed by atoms with Gasteiger partial charge in [0, 0.05) is 16.7 Å². The van der Waals surface area contributed by atoms with Crippen molar-refractivity contribution in [2.24, 2.45) is 0 Å². The Morgan fingerprint density at radius 3 is 2.87 bits per heavy atom. The van der Waals surface area contributed by atoms with E-state index in [1.807, 2.05) is 0 Å². The van der Waals surface area contributed by atoms with Gasteiger partial charge in [0.15, 0.2) is 5.69 Å². The molecule has 76 valence electrons. The molecule has 0 bridgehead atoms. The summed E-state index contributed by atoms with van der Waals surface area (Å²) >= 11 is 3.25. The van der Waals surface area contributed by atoms with E-state index in [0.717, 1.165) is 4.47 Å². The third-order valence-corrected chi connectivity index (χ3v) is 2.11. The molecular formula is C9H6BrN3O2. The number of carbonyl (C=O) groups excluding carboxylic acids is 1. The summed E-state index contributed by atoms with van der Waals surface area (Å²) in [5, 5.41) is 6.08. The van der Waals surface area contributed by atoms with Crippen molar-refractivity contribution in [3.05, 3.63) is 40.8 Å². The van der Waals surface area contributed by atoms with Crippen LogP contribution in [-0.2, 0) is 0 Å². The molecule has 0 unspecified atom stereocenters. The number of aromatic nitrogens is 2. The lowest BCUT2D eigenvalue weighted by molar-refractivity contribution is 0.101. The molecule has 0 fully saturated rings. The largest absolute Gasteiger partial charge is 0.364 e. The second-order valence-electron chi connectivity index (χ2n) is 2.70. The van der Waals surface area contributed by atoms with Gasteiger partial charge in [0.1, 0.15) is 12.1 Å². The van der Waals surface area contributed by atoms with Crippen molar-refractivity contribution >= 4 is 27.7 Å². The molecule has 0 atom stereocenters. The first-order chi connectivity index (χ1) is 7.25. The molecular weight excluding hydrogens is 262 g/mol. The Morgan fingerprint density at radius 1 is 1.40 bits per heavy atom. The van der Waals surface area contributed by atoms with Crippen LogP contribution < -0.4 is 5.32 Å². The molecule has 15 heavy (non-hydrogen) atoms. The molecule has 0 aliphatic carbocycles. The molecule has 2 heterocycles. The van der Waals surface area contributed by atoms with E-state index in [0.29, 0.717) is 5.82 Å². The summed E-state index contributed by atoms with van der Waals surface area (Å²) in [7, 11) is 0. The first kappa shape index (κ1) is 9.85. The molecule has 1 amide bonds. The summed E-state index contributed by atoms with van der Waals surface area (Å²) in [5.41, 5.74) is 0.222. The molecule has 0 saturated carbocycles. The molecule has 0 aromatic carbocycles. The summed E-state index contributed by atoms with van der Waals surface area (Å²) in [6.45, 7) is 0. The Morgan fingerprint density at radius 2 is 2.27 bits per heavy atom. The van der Waals surface area contributed by atoms with Crippen molar-refractivity contribution in [2.75, 3.05) is 5.32 Å². The SMILES string of the molecule is O=C(Nc1ccc(Br)cn1)c1ccon1. The smallest absolute Gasteiger partial charge is 0.278 e. The Labute approximate surface area is 93.6 Å². The Balaban J connectivity index is 2.09. The van der Waals surface area contributed by atoms with Crippen molar-refractivity contribution in [2.45, 2.75) is 0 Å². The Kier molecular flexibility index (Phi) is 2.77. The highest BCUT2D eigenvalue weighted by Crippen LogP contribution is 2.11. The number of nitrogens with zero attached hydrogens (tertiary/aromatic N) is 2. The maximum atomic E-state index is 11.5. The van der Waals surface area contributed by atoms with Crippen LogP contribution in [0.1, 0.15) is 10.5 Å². The highest BCUT2D eigenvalue weighted by atomic mass is 79.9. The minimum atomic E-state index is -0.349. The zero-order valence-corrected chi connectivity index (χ0v) is 9.06. The second kappa shape index (κ2) is 4.22. The van der Waals surface area contributed by atoms with E-state index in [1.165, 1.54) is 12.3 Å². The predicted molar refractivity (Wildman–Crippen MR) is 56.4 cm³/mol. The first-order valence-corrected chi connectivity index (χ1v) is 4.88. The summed E-state index contributed by atoms with van der Waals surface area (Å²) < 4.78 is 5.40. The van der Waals surface area contributed by atoms with Crippen LogP contribution in [0, 0.1) is 0 Å². The first-order valence-electron chi connectivity index (χ1n) is 4.09. The number of halogens is 1. The van der Waals surface area contributed by atoms with Gasteiger partial charge in [0.25, 0.3) is 5.91 Å². The van der Waals surface area contributed by atoms with Gasteiger partial charge in [-0.2, -0.15) is 0 Å². The molecule has 0 saturated heterocycles. The summed E-state index contributed by atoms with van der Waals surface area (Å²) in [4.78, 5) is 15.5. The number of amides is 1. The summed E-state index contributed by atoms with van der Waals surface area (Å²) in [6.07, 6.45) is 2.93. The van der Waals surface area contributed by atoms with Crippen LogP contribution in [0.15, 0.2) is 39.7 Å². The fourth-order valence-corrected chi connectivity index (χ4v) is 1.19. The minimum Gasteiger partial charge on any atom is -0.364 e. The van der Waals surface area contributed by atoms with Crippen molar-refractivity contribution in [1.82, 2.24) is 10.1 Å². The van der Waals surface area contributed by atoms with Gasteiger partial charge in [-0.05, 0) is 28.1 Å². The minimum absolute atomic E-state index is 0.222. The Hall–Kier alpha value is -1.69.